The Morgan fingerprint density at radius 2 is 1.96 bits per heavy atom. The molecule has 0 radical (unpaired) electrons. The molecular formula is C15H19N7O. The van der Waals surface area contributed by atoms with Crippen LogP contribution in [-0.4, -0.2) is 22.8 Å². The minimum atomic E-state index is -0.164. The van der Waals surface area contributed by atoms with E-state index in [1.165, 1.54) is 0 Å². The molecule has 8 nitrogen and oxygen atoms in total. The largest absolute Gasteiger partial charge is 0.384 e. The monoisotopic (exact) mass is 313 g/mol. The van der Waals surface area contributed by atoms with Crippen molar-refractivity contribution in [1.29, 1.82) is 0 Å². The Morgan fingerprint density at radius 1 is 1.22 bits per heavy atom. The second kappa shape index (κ2) is 6.71. The van der Waals surface area contributed by atoms with Gasteiger partial charge < -0.3 is 10.6 Å². The van der Waals surface area contributed by atoms with E-state index in [0.29, 0.717) is 18.1 Å². The van der Waals surface area contributed by atoms with Crippen LogP contribution >= 0.6 is 0 Å². The van der Waals surface area contributed by atoms with E-state index >= 15 is 0 Å². The second-order valence-electron chi connectivity index (χ2n) is 5.33. The number of hydrazine groups is 3. The fourth-order valence-corrected chi connectivity index (χ4v) is 2.40. The van der Waals surface area contributed by atoms with Crippen molar-refractivity contribution in [2.45, 2.75) is 12.7 Å². The number of rotatable bonds is 4. The zero-order valence-electron chi connectivity index (χ0n) is 12.7. The van der Waals surface area contributed by atoms with E-state index in [4.69, 9.17) is 5.73 Å². The molecular weight excluding hydrogens is 294 g/mol. The van der Waals surface area contributed by atoms with Crippen LogP contribution in [0.1, 0.15) is 27.8 Å². The van der Waals surface area contributed by atoms with Crippen LogP contribution in [-0.2, 0) is 6.54 Å². The normalized spacial score (nSPS) is 14.8. The van der Waals surface area contributed by atoms with Crippen molar-refractivity contribution in [2.75, 3.05) is 12.8 Å². The molecule has 23 heavy (non-hydrogen) atoms. The number of hydrogen-bond donors (Lipinski definition) is 5. The van der Waals surface area contributed by atoms with Crippen molar-refractivity contribution < 1.29 is 4.79 Å². The summed E-state index contributed by atoms with van der Waals surface area (Å²) in [4.78, 5) is 18.1. The molecule has 0 spiro atoms. The van der Waals surface area contributed by atoms with Gasteiger partial charge in [0.1, 0.15) is 17.7 Å². The fourth-order valence-electron chi connectivity index (χ4n) is 2.40. The molecule has 3 rings (SSSR count). The van der Waals surface area contributed by atoms with E-state index in [2.05, 4.69) is 26.9 Å². The number of nitrogens with one attached hydrogen (secondary N) is 4. The van der Waals surface area contributed by atoms with Crippen LogP contribution in [0, 0.1) is 0 Å². The van der Waals surface area contributed by atoms with Crippen LogP contribution < -0.4 is 27.7 Å². The second-order valence-corrected chi connectivity index (χ2v) is 5.33. The zero-order chi connectivity index (χ0) is 16.2. The molecule has 0 unspecified atom stereocenters. The average Bonchev–Trinajstić information content (AvgIpc) is 3.09. The summed E-state index contributed by atoms with van der Waals surface area (Å²) in [5, 5.41) is 0. The maximum Gasteiger partial charge on any atom is 0.272 e. The van der Waals surface area contributed by atoms with Crippen molar-refractivity contribution >= 4 is 11.7 Å². The third-order valence-electron chi connectivity index (χ3n) is 3.54. The highest BCUT2D eigenvalue weighted by Crippen LogP contribution is 2.15. The predicted octanol–water partition coefficient (Wildman–Crippen LogP) is 0.0516. The summed E-state index contributed by atoms with van der Waals surface area (Å²) in [6, 6.07) is 13.0. The number of amides is 1. The van der Waals surface area contributed by atoms with Crippen LogP contribution in [0.25, 0.3) is 0 Å². The molecule has 1 amide bonds. The third kappa shape index (κ3) is 3.63. The first-order valence-corrected chi connectivity index (χ1v) is 7.21. The van der Waals surface area contributed by atoms with E-state index in [-0.39, 0.29) is 12.1 Å². The van der Waals surface area contributed by atoms with Gasteiger partial charge in [-0.25, -0.2) is 15.8 Å². The number of nitrogens with zero attached hydrogens (tertiary/aromatic N) is 2. The maximum atomic E-state index is 12.4. The van der Waals surface area contributed by atoms with Gasteiger partial charge in [0.05, 0.1) is 0 Å². The van der Waals surface area contributed by atoms with Crippen molar-refractivity contribution in [3.8, 4) is 0 Å². The lowest BCUT2D eigenvalue weighted by Gasteiger charge is -2.18. The first kappa shape index (κ1) is 15.4. The number of pyridine rings is 1. The van der Waals surface area contributed by atoms with Crippen LogP contribution in [0.2, 0.25) is 0 Å². The summed E-state index contributed by atoms with van der Waals surface area (Å²) >= 11 is 0. The minimum Gasteiger partial charge on any atom is -0.384 e. The zero-order valence-corrected chi connectivity index (χ0v) is 12.7. The standard InChI is InChI=1S/C15H19N7O/c1-22(15(23)12-6-3-7-13(16)17-12)9-10-4-2-5-11(8-10)14-18-20-21-19-14/h2-8,14,18-21H,9H2,1H3,(H2,16,17). The number of carbonyl (C=O) groups is 1. The van der Waals surface area contributed by atoms with Gasteiger partial charge in [-0.2, -0.15) is 11.1 Å². The van der Waals surface area contributed by atoms with Gasteiger partial charge in [0.15, 0.2) is 0 Å². The number of carbonyl (C=O) groups excluding carboxylic acids is 1. The Labute approximate surface area is 134 Å². The molecule has 1 aliphatic heterocycles. The lowest BCUT2D eigenvalue weighted by molar-refractivity contribution is 0.0779. The Morgan fingerprint density at radius 3 is 2.70 bits per heavy atom. The molecule has 120 valence electrons. The number of hydrogen-bond acceptors (Lipinski definition) is 7. The third-order valence-corrected chi connectivity index (χ3v) is 3.54. The van der Waals surface area contributed by atoms with Crippen LogP contribution in [0.4, 0.5) is 5.82 Å². The van der Waals surface area contributed by atoms with Crippen LogP contribution in [0.15, 0.2) is 42.5 Å². The molecule has 1 aromatic carbocycles. The average molecular weight is 313 g/mol. The van der Waals surface area contributed by atoms with E-state index in [9.17, 15) is 4.79 Å². The molecule has 1 fully saturated rings. The summed E-state index contributed by atoms with van der Waals surface area (Å²) in [6.07, 6.45) is -0.0356. The van der Waals surface area contributed by atoms with E-state index in [1.54, 1.807) is 30.1 Å². The van der Waals surface area contributed by atoms with Gasteiger partial charge in [-0.15, -0.1) is 0 Å². The van der Waals surface area contributed by atoms with Gasteiger partial charge in [-0.1, -0.05) is 30.3 Å². The highest BCUT2D eigenvalue weighted by atomic mass is 16.2. The van der Waals surface area contributed by atoms with Gasteiger partial charge in [0.25, 0.3) is 5.91 Å². The Hall–Kier alpha value is -2.52. The molecule has 0 aliphatic carbocycles. The quantitative estimate of drug-likeness (QED) is 0.543. The van der Waals surface area contributed by atoms with Gasteiger partial charge in [0.2, 0.25) is 0 Å². The van der Waals surface area contributed by atoms with E-state index in [0.717, 1.165) is 11.1 Å². The molecule has 0 saturated carbocycles. The lowest BCUT2D eigenvalue weighted by atomic mass is 10.1. The molecule has 2 heterocycles. The molecule has 2 aromatic rings. The summed E-state index contributed by atoms with van der Waals surface area (Å²) < 4.78 is 0. The Kier molecular flexibility index (Phi) is 4.49. The van der Waals surface area contributed by atoms with Gasteiger partial charge >= 0.3 is 0 Å². The number of benzene rings is 1. The van der Waals surface area contributed by atoms with Gasteiger partial charge in [0, 0.05) is 13.6 Å². The first-order valence-electron chi connectivity index (χ1n) is 7.21. The molecule has 1 saturated heterocycles. The van der Waals surface area contributed by atoms with Crippen molar-refractivity contribution in [1.82, 2.24) is 31.8 Å². The fraction of sp³-hybridized carbons (Fsp3) is 0.200. The number of nitrogens with two attached hydrogens (primary N) is 1. The SMILES string of the molecule is CN(Cc1cccc(C2NNNN2)c1)C(=O)c1cccc(N)n1. The highest BCUT2D eigenvalue weighted by molar-refractivity contribution is 5.92. The Bertz CT molecular complexity index is 700. The van der Waals surface area contributed by atoms with Crippen LogP contribution in [0.3, 0.4) is 0 Å². The Balaban J connectivity index is 1.71. The molecule has 0 bridgehead atoms. The van der Waals surface area contributed by atoms with Gasteiger partial charge in [-0.3, -0.25) is 4.79 Å². The highest BCUT2D eigenvalue weighted by Gasteiger charge is 2.17. The molecule has 0 atom stereocenters. The summed E-state index contributed by atoms with van der Waals surface area (Å²) in [7, 11) is 1.75. The minimum absolute atomic E-state index is 0.0356. The molecule has 6 N–H and O–H groups in total. The van der Waals surface area contributed by atoms with E-state index in [1.807, 2.05) is 24.3 Å². The molecule has 1 aromatic heterocycles. The summed E-state index contributed by atoms with van der Waals surface area (Å²) in [6.45, 7) is 0.483. The predicted molar refractivity (Wildman–Crippen MR) is 86.2 cm³/mol. The van der Waals surface area contributed by atoms with Crippen LogP contribution in [0.5, 0.6) is 0 Å². The summed E-state index contributed by atoms with van der Waals surface area (Å²) in [5.41, 5.74) is 19.7. The maximum absolute atomic E-state index is 12.4. The number of nitrogen functional groups attached to an aromatic ring is 1. The first-order chi connectivity index (χ1) is 11.1. The van der Waals surface area contributed by atoms with Crippen molar-refractivity contribution in [3.05, 3.63) is 59.3 Å². The summed E-state index contributed by atoms with van der Waals surface area (Å²) in [5.74, 6) is 0.174. The smallest absolute Gasteiger partial charge is 0.272 e. The van der Waals surface area contributed by atoms with E-state index < -0.39 is 0 Å². The van der Waals surface area contributed by atoms with Crippen molar-refractivity contribution in [2.24, 2.45) is 0 Å². The number of aromatic nitrogens is 1. The molecule has 1 aliphatic rings. The molecule has 8 heteroatoms. The number of anilines is 1. The van der Waals surface area contributed by atoms with Crippen molar-refractivity contribution in [3.63, 3.8) is 0 Å². The lowest BCUT2D eigenvalue weighted by Crippen LogP contribution is -2.33. The topological polar surface area (TPSA) is 107 Å². The van der Waals surface area contributed by atoms with Gasteiger partial charge in [-0.05, 0) is 23.3 Å².